The summed E-state index contributed by atoms with van der Waals surface area (Å²) in [6, 6.07) is 5.26. The van der Waals surface area contributed by atoms with E-state index in [1.165, 1.54) is 7.11 Å². The van der Waals surface area contributed by atoms with Crippen LogP contribution >= 0.6 is 0 Å². The third-order valence-electron chi connectivity index (χ3n) is 3.03. The molecule has 17 heavy (non-hydrogen) atoms. The lowest BCUT2D eigenvalue weighted by molar-refractivity contribution is 0.177. The Labute approximate surface area is 100.0 Å². The standard InChI is InChI=1S/C12H16N2O3/c1-13-9-5-8-3-4-10(15)6-11(8)14(7-9)12(16)17-2/h3-4,6,9,13,15H,5,7H2,1-2H3. The molecule has 0 saturated heterocycles. The maximum Gasteiger partial charge on any atom is 0.414 e. The molecule has 0 spiro atoms. The summed E-state index contributed by atoms with van der Waals surface area (Å²) in [5.41, 5.74) is 1.75. The first-order valence-corrected chi connectivity index (χ1v) is 5.50. The monoisotopic (exact) mass is 236 g/mol. The molecule has 0 fully saturated rings. The van der Waals surface area contributed by atoms with Crippen molar-refractivity contribution >= 4 is 11.8 Å². The molecule has 0 aliphatic carbocycles. The Bertz CT molecular complexity index is 434. The maximum atomic E-state index is 11.7. The number of methoxy groups -OCH3 is 1. The van der Waals surface area contributed by atoms with Gasteiger partial charge in [-0.3, -0.25) is 4.90 Å². The van der Waals surface area contributed by atoms with Crippen LogP contribution in [0.1, 0.15) is 5.56 Å². The fourth-order valence-electron chi connectivity index (χ4n) is 2.10. The van der Waals surface area contributed by atoms with E-state index in [0.717, 1.165) is 17.7 Å². The molecule has 0 aromatic heterocycles. The first-order chi connectivity index (χ1) is 8.15. The van der Waals surface area contributed by atoms with Crippen LogP contribution in [0.2, 0.25) is 0 Å². The van der Waals surface area contributed by atoms with Crippen LogP contribution in [0, 0.1) is 0 Å². The van der Waals surface area contributed by atoms with Gasteiger partial charge in [-0.05, 0) is 25.1 Å². The van der Waals surface area contributed by atoms with Gasteiger partial charge in [0.2, 0.25) is 0 Å². The molecular formula is C12H16N2O3. The smallest absolute Gasteiger partial charge is 0.414 e. The van der Waals surface area contributed by atoms with E-state index >= 15 is 0 Å². The molecule has 92 valence electrons. The normalized spacial score (nSPS) is 18.7. The first kappa shape index (κ1) is 11.7. The Morgan fingerprint density at radius 2 is 2.35 bits per heavy atom. The minimum Gasteiger partial charge on any atom is -0.508 e. The van der Waals surface area contributed by atoms with Crippen molar-refractivity contribution in [1.82, 2.24) is 5.32 Å². The molecule has 0 bridgehead atoms. The van der Waals surface area contributed by atoms with Crippen molar-refractivity contribution in [1.29, 1.82) is 0 Å². The number of phenols is 1. The maximum absolute atomic E-state index is 11.7. The second-order valence-corrected chi connectivity index (χ2v) is 4.08. The highest BCUT2D eigenvalue weighted by Gasteiger charge is 2.28. The van der Waals surface area contributed by atoms with Crippen molar-refractivity contribution < 1.29 is 14.6 Å². The molecule has 0 radical (unpaired) electrons. The molecule has 1 aliphatic heterocycles. The summed E-state index contributed by atoms with van der Waals surface area (Å²) in [4.78, 5) is 13.2. The highest BCUT2D eigenvalue weighted by atomic mass is 16.5. The average Bonchev–Trinajstić information content (AvgIpc) is 2.36. The predicted octanol–water partition coefficient (Wildman–Crippen LogP) is 1.11. The number of amides is 1. The topological polar surface area (TPSA) is 61.8 Å². The van der Waals surface area contributed by atoms with Gasteiger partial charge in [0, 0.05) is 18.7 Å². The number of carbonyl (C=O) groups is 1. The fraction of sp³-hybridized carbons (Fsp3) is 0.417. The number of likely N-dealkylation sites (N-methyl/N-ethyl adjacent to an activating group) is 1. The molecule has 1 aromatic carbocycles. The third kappa shape index (κ3) is 2.19. The zero-order valence-corrected chi connectivity index (χ0v) is 9.93. The minimum absolute atomic E-state index is 0.153. The lowest BCUT2D eigenvalue weighted by Crippen LogP contribution is -2.47. The van der Waals surface area contributed by atoms with Crippen LogP contribution in [0.3, 0.4) is 0 Å². The van der Waals surface area contributed by atoms with Crippen molar-refractivity contribution in [3.05, 3.63) is 23.8 Å². The Morgan fingerprint density at radius 3 is 3.00 bits per heavy atom. The minimum atomic E-state index is -0.406. The number of nitrogens with one attached hydrogen (secondary N) is 1. The van der Waals surface area contributed by atoms with Crippen molar-refractivity contribution in [2.24, 2.45) is 0 Å². The van der Waals surface area contributed by atoms with Gasteiger partial charge >= 0.3 is 6.09 Å². The zero-order valence-electron chi connectivity index (χ0n) is 9.93. The molecule has 5 nitrogen and oxygen atoms in total. The van der Waals surface area contributed by atoms with E-state index in [2.05, 4.69) is 5.32 Å². The first-order valence-electron chi connectivity index (χ1n) is 5.50. The number of hydrogen-bond donors (Lipinski definition) is 2. The van der Waals surface area contributed by atoms with Gasteiger partial charge in [-0.2, -0.15) is 0 Å². The number of carbonyl (C=O) groups excluding carboxylic acids is 1. The van der Waals surface area contributed by atoms with Crippen molar-refractivity contribution in [2.75, 3.05) is 25.6 Å². The summed E-state index contributed by atoms with van der Waals surface area (Å²) in [6.07, 6.45) is 0.427. The number of nitrogens with zero attached hydrogens (tertiary/aromatic N) is 1. The number of fused-ring (bicyclic) bond motifs is 1. The molecule has 0 saturated carbocycles. The quantitative estimate of drug-likeness (QED) is 0.766. The van der Waals surface area contributed by atoms with Gasteiger partial charge in [0.25, 0.3) is 0 Å². The number of ether oxygens (including phenoxy) is 1. The lowest BCUT2D eigenvalue weighted by Gasteiger charge is -2.33. The number of anilines is 1. The van der Waals surface area contributed by atoms with E-state index in [9.17, 15) is 9.90 Å². The van der Waals surface area contributed by atoms with E-state index in [-0.39, 0.29) is 11.8 Å². The van der Waals surface area contributed by atoms with Crippen LogP contribution in [0.4, 0.5) is 10.5 Å². The van der Waals surface area contributed by atoms with Crippen LogP contribution in [-0.2, 0) is 11.2 Å². The van der Waals surface area contributed by atoms with Crippen LogP contribution in [0.5, 0.6) is 5.75 Å². The van der Waals surface area contributed by atoms with E-state index in [0.29, 0.717) is 6.54 Å². The SMILES string of the molecule is CNC1Cc2ccc(O)cc2N(C(=O)OC)C1. The van der Waals surface area contributed by atoms with Crippen LogP contribution in [0.25, 0.3) is 0 Å². The Balaban J connectivity index is 2.40. The van der Waals surface area contributed by atoms with E-state index in [1.54, 1.807) is 17.0 Å². The fourth-order valence-corrected chi connectivity index (χ4v) is 2.10. The molecule has 1 unspecified atom stereocenters. The highest BCUT2D eigenvalue weighted by molar-refractivity contribution is 5.89. The number of rotatable bonds is 1. The highest BCUT2D eigenvalue weighted by Crippen LogP contribution is 2.30. The average molecular weight is 236 g/mol. The molecule has 1 amide bonds. The summed E-state index contributed by atoms with van der Waals surface area (Å²) >= 11 is 0. The van der Waals surface area contributed by atoms with Crippen molar-refractivity contribution in [2.45, 2.75) is 12.5 Å². The third-order valence-corrected chi connectivity index (χ3v) is 3.03. The predicted molar refractivity (Wildman–Crippen MR) is 64.4 cm³/mol. The van der Waals surface area contributed by atoms with Crippen molar-refractivity contribution in [3.8, 4) is 5.75 Å². The van der Waals surface area contributed by atoms with Crippen molar-refractivity contribution in [3.63, 3.8) is 0 Å². The molecule has 5 heteroatoms. The summed E-state index contributed by atoms with van der Waals surface area (Å²) in [5.74, 6) is 0.153. The molecule has 1 aliphatic rings. The molecular weight excluding hydrogens is 220 g/mol. The van der Waals surface area contributed by atoms with Gasteiger partial charge in [-0.1, -0.05) is 6.07 Å². The summed E-state index contributed by atoms with van der Waals surface area (Å²) in [5, 5.41) is 12.6. The van der Waals surface area contributed by atoms with Gasteiger partial charge in [0.1, 0.15) is 5.75 Å². The lowest BCUT2D eigenvalue weighted by atomic mass is 9.98. The zero-order chi connectivity index (χ0) is 12.4. The summed E-state index contributed by atoms with van der Waals surface area (Å²) in [6.45, 7) is 0.541. The number of phenolic OH excluding ortho intramolecular Hbond substituents is 1. The van der Waals surface area contributed by atoms with E-state index in [4.69, 9.17) is 4.74 Å². The largest absolute Gasteiger partial charge is 0.508 e. The van der Waals surface area contributed by atoms with Gasteiger partial charge in [0.15, 0.2) is 0 Å². The van der Waals surface area contributed by atoms with Gasteiger partial charge in [0.05, 0.1) is 12.8 Å². The van der Waals surface area contributed by atoms with Gasteiger partial charge in [-0.25, -0.2) is 4.79 Å². The Kier molecular flexibility index (Phi) is 3.19. The summed E-state index contributed by atoms with van der Waals surface area (Å²) in [7, 11) is 3.22. The van der Waals surface area contributed by atoms with E-state index < -0.39 is 6.09 Å². The van der Waals surface area contributed by atoms with Crippen LogP contribution in [-0.4, -0.2) is 37.9 Å². The molecule has 2 N–H and O–H groups in total. The van der Waals surface area contributed by atoms with Gasteiger partial charge in [-0.15, -0.1) is 0 Å². The molecule has 2 rings (SSSR count). The second-order valence-electron chi connectivity index (χ2n) is 4.08. The second kappa shape index (κ2) is 4.63. The summed E-state index contributed by atoms with van der Waals surface area (Å²) < 4.78 is 4.76. The molecule has 1 atom stereocenters. The number of hydrogen-bond acceptors (Lipinski definition) is 4. The molecule has 1 heterocycles. The van der Waals surface area contributed by atoms with Gasteiger partial charge < -0.3 is 15.2 Å². The molecule has 1 aromatic rings. The van der Waals surface area contributed by atoms with E-state index in [1.807, 2.05) is 13.1 Å². The van der Waals surface area contributed by atoms with Crippen LogP contribution in [0.15, 0.2) is 18.2 Å². The Morgan fingerprint density at radius 1 is 1.59 bits per heavy atom. The Hall–Kier alpha value is -1.75. The van der Waals surface area contributed by atoms with Crippen LogP contribution < -0.4 is 10.2 Å². The number of aromatic hydroxyl groups is 1. The number of benzene rings is 1.